The van der Waals surface area contributed by atoms with Gasteiger partial charge in [0.05, 0.1) is 11.0 Å². The van der Waals surface area contributed by atoms with Crippen LogP contribution < -0.4 is 10.6 Å². The van der Waals surface area contributed by atoms with Crippen molar-refractivity contribution in [2.45, 2.75) is 25.8 Å². The lowest BCUT2D eigenvalue weighted by Crippen LogP contribution is -2.32. The van der Waals surface area contributed by atoms with Crippen LogP contribution in [0.1, 0.15) is 34.9 Å². The summed E-state index contributed by atoms with van der Waals surface area (Å²) < 4.78 is 1.80. The van der Waals surface area contributed by atoms with Crippen LogP contribution in [0.5, 0.6) is 0 Å². The van der Waals surface area contributed by atoms with E-state index in [1.807, 2.05) is 0 Å². The molecule has 1 atom stereocenters. The van der Waals surface area contributed by atoms with Gasteiger partial charge in [-0.15, -0.1) is 12.4 Å². The Bertz CT molecular complexity index is 771. The molecule has 0 aliphatic carbocycles. The summed E-state index contributed by atoms with van der Waals surface area (Å²) in [6.07, 6.45) is 3.91. The van der Waals surface area contributed by atoms with Crippen LogP contribution >= 0.6 is 12.4 Å². The second-order valence-corrected chi connectivity index (χ2v) is 5.89. The quantitative estimate of drug-likeness (QED) is 0.640. The first-order chi connectivity index (χ1) is 11.5. The fourth-order valence-electron chi connectivity index (χ4n) is 2.80. The van der Waals surface area contributed by atoms with E-state index in [-0.39, 0.29) is 30.0 Å². The van der Waals surface area contributed by atoms with Crippen molar-refractivity contribution in [3.05, 3.63) is 51.8 Å². The topological polar surface area (TPSA) is 102 Å². The molecular weight excluding hydrogens is 346 g/mol. The average Bonchev–Trinajstić information content (AvgIpc) is 3.07. The van der Waals surface area contributed by atoms with Gasteiger partial charge in [-0.05, 0) is 38.4 Å². The normalized spacial score (nSPS) is 16.8. The zero-order chi connectivity index (χ0) is 17.1. The Labute approximate surface area is 151 Å². The Kier molecular flexibility index (Phi) is 6.11. The number of hydrogen-bond donors (Lipinski definition) is 2. The predicted octanol–water partition coefficient (Wildman–Crippen LogP) is 2.70. The number of benzene rings is 1. The minimum atomic E-state index is -0.463. The highest BCUT2D eigenvalue weighted by Gasteiger charge is 2.18. The van der Waals surface area contributed by atoms with Crippen LogP contribution in [0.2, 0.25) is 0 Å². The van der Waals surface area contributed by atoms with Crippen molar-refractivity contribution in [3.63, 3.8) is 0 Å². The lowest BCUT2D eigenvalue weighted by molar-refractivity contribution is -0.385. The maximum atomic E-state index is 12.3. The minimum absolute atomic E-state index is 0. The number of anilines is 1. The molecule has 1 aliphatic rings. The van der Waals surface area contributed by atoms with Gasteiger partial charge in [-0.25, -0.2) is 0 Å². The Balaban J connectivity index is 0.00000225. The number of aromatic nitrogens is 2. The third-order valence-corrected chi connectivity index (χ3v) is 4.15. The molecule has 3 rings (SSSR count). The first-order valence-electron chi connectivity index (χ1n) is 7.87. The van der Waals surface area contributed by atoms with E-state index in [0.29, 0.717) is 16.9 Å². The summed E-state index contributed by atoms with van der Waals surface area (Å²) in [6, 6.07) is 6.52. The molecule has 0 bridgehead atoms. The van der Waals surface area contributed by atoms with Crippen molar-refractivity contribution < 1.29 is 9.72 Å². The Morgan fingerprint density at radius 2 is 2.24 bits per heavy atom. The minimum Gasteiger partial charge on any atom is -0.320 e. The molecule has 1 aromatic heterocycles. The second kappa shape index (κ2) is 8.09. The van der Waals surface area contributed by atoms with Crippen LogP contribution in [0.15, 0.2) is 30.5 Å². The van der Waals surface area contributed by atoms with E-state index in [0.717, 1.165) is 25.9 Å². The van der Waals surface area contributed by atoms with Gasteiger partial charge in [-0.2, -0.15) is 5.10 Å². The average molecular weight is 366 g/mol. The standard InChI is InChI=1S/C16H19N5O3.ClH/c1-11-4-5-12(9-15(11)21(23)24)18-16(22)14-6-8-20(19-14)13-3-2-7-17-10-13;/h4-6,8-9,13,17H,2-3,7,10H2,1H3,(H,18,22);1H. The number of nitrogens with zero attached hydrogens (tertiary/aromatic N) is 3. The lowest BCUT2D eigenvalue weighted by Gasteiger charge is -2.22. The molecule has 9 heteroatoms. The summed E-state index contributed by atoms with van der Waals surface area (Å²) in [5.41, 5.74) is 1.20. The molecule has 1 fully saturated rings. The number of carbonyl (C=O) groups excluding carboxylic acids is 1. The molecule has 25 heavy (non-hydrogen) atoms. The summed E-state index contributed by atoms with van der Waals surface area (Å²) in [5, 5.41) is 21.3. The molecule has 134 valence electrons. The van der Waals surface area contributed by atoms with Gasteiger partial charge in [-0.3, -0.25) is 19.6 Å². The van der Waals surface area contributed by atoms with E-state index in [4.69, 9.17) is 0 Å². The van der Waals surface area contributed by atoms with Crippen LogP contribution in [0, 0.1) is 17.0 Å². The highest BCUT2D eigenvalue weighted by molar-refractivity contribution is 6.02. The van der Waals surface area contributed by atoms with E-state index in [9.17, 15) is 14.9 Å². The van der Waals surface area contributed by atoms with Gasteiger partial charge < -0.3 is 10.6 Å². The summed E-state index contributed by atoms with van der Waals surface area (Å²) in [6.45, 7) is 3.51. The number of nitro groups is 1. The molecule has 1 aromatic carbocycles. The molecule has 8 nitrogen and oxygen atoms in total. The predicted molar refractivity (Wildman–Crippen MR) is 96.4 cm³/mol. The smallest absolute Gasteiger partial charge is 0.276 e. The van der Waals surface area contributed by atoms with E-state index < -0.39 is 4.92 Å². The molecule has 0 saturated carbocycles. The van der Waals surface area contributed by atoms with Gasteiger partial charge in [-0.1, -0.05) is 6.07 Å². The molecule has 2 heterocycles. The Hall–Kier alpha value is -2.45. The van der Waals surface area contributed by atoms with Crippen LogP contribution in [-0.2, 0) is 0 Å². The van der Waals surface area contributed by atoms with Gasteiger partial charge in [0.1, 0.15) is 0 Å². The van der Waals surface area contributed by atoms with Crippen LogP contribution in [0.4, 0.5) is 11.4 Å². The number of halogens is 1. The monoisotopic (exact) mass is 365 g/mol. The van der Waals surface area contributed by atoms with Crippen molar-refractivity contribution in [2.24, 2.45) is 0 Å². The number of carbonyl (C=O) groups is 1. The summed E-state index contributed by atoms with van der Waals surface area (Å²) >= 11 is 0. The first-order valence-corrected chi connectivity index (χ1v) is 7.87. The van der Waals surface area contributed by atoms with Crippen LogP contribution in [0.25, 0.3) is 0 Å². The molecule has 1 saturated heterocycles. The third kappa shape index (κ3) is 4.34. The Morgan fingerprint density at radius 1 is 1.44 bits per heavy atom. The fraction of sp³-hybridized carbons (Fsp3) is 0.375. The number of aryl methyl sites for hydroxylation is 1. The highest BCUT2D eigenvalue weighted by atomic mass is 35.5. The van der Waals surface area contributed by atoms with Gasteiger partial charge in [0.2, 0.25) is 0 Å². The molecule has 1 aliphatic heterocycles. The maximum absolute atomic E-state index is 12.3. The van der Waals surface area contributed by atoms with E-state index in [2.05, 4.69) is 15.7 Å². The first kappa shape index (κ1) is 18.9. The SMILES string of the molecule is Cc1ccc(NC(=O)c2ccn(C3CCCNC3)n2)cc1[N+](=O)[O-].Cl. The van der Waals surface area contributed by atoms with E-state index in [1.54, 1.807) is 36.0 Å². The lowest BCUT2D eigenvalue weighted by atomic mass is 10.1. The van der Waals surface area contributed by atoms with Gasteiger partial charge in [0.25, 0.3) is 11.6 Å². The number of piperidine rings is 1. The van der Waals surface area contributed by atoms with Gasteiger partial charge in [0.15, 0.2) is 5.69 Å². The fourth-order valence-corrected chi connectivity index (χ4v) is 2.80. The third-order valence-electron chi connectivity index (χ3n) is 4.15. The van der Waals surface area contributed by atoms with Crippen molar-refractivity contribution >= 4 is 29.7 Å². The molecule has 2 aromatic rings. The summed E-state index contributed by atoms with van der Waals surface area (Å²) in [7, 11) is 0. The second-order valence-electron chi connectivity index (χ2n) is 5.89. The molecule has 1 unspecified atom stereocenters. The molecule has 0 spiro atoms. The molecule has 2 N–H and O–H groups in total. The van der Waals surface area contributed by atoms with Crippen LogP contribution in [0.3, 0.4) is 0 Å². The van der Waals surface area contributed by atoms with E-state index in [1.165, 1.54) is 6.07 Å². The largest absolute Gasteiger partial charge is 0.320 e. The number of nitro benzene ring substituents is 1. The van der Waals surface area contributed by atoms with Crippen molar-refractivity contribution in [2.75, 3.05) is 18.4 Å². The van der Waals surface area contributed by atoms with Crippen molar-refractivity contribution in [3.8, 4) is 0 Å². The van der Waals surface area contributed by atoms with Gasteiger partial charge in [0, 0.05) is 30.1 Å². The van der Waals surface area contributed by atoms with E-state index >= 15 is 0 Å². The maximum Gasteiger partial charge on any atom is 0.276 e. The number of rotatable bonds is 4. The zero-order valence-corrected chi connectivity index (χ0v) is 14.6. The summed E-state index contributed by atoms with van der Waals surface area (Å²) in [5.74, 6) is -0.379. The van der Waals surface area contributed by atoms with Crippen molar-refractivity contribution in [1.29, 1.82) is 0 Å². The Morgan fingerprint density at radius 3 is 2.92 bits per heavy atom. The number of hydrogen-bond acceptors (Lipinski definition) is 5. The summed E-state index contributed by atoms with van der Waals surface area (Å²) in [4.78, 5) is 22.8. The van der Waals surface area contributed by atoms with Crippen LogP contribution in [-0.4, -0.2) is 33.7 Å². The molecule has 1 amide bonds. The zero-order valence-electron chi connectivity index (χ0n) is 13.8. The molecule has 0 radical (unpaired) electrons. The number of amides is 1. The van der Waals surface area contributed by atoms with Crippen molar-refractivity contribution in [1.82, 2.24) is 15.1 Å². The van der Waals surface area contributed by atoms with Gasteiger partial charge >= 0.3 is 0 Å². The number of nitrogens with one attached hydrogen (secondary N) is 2. The highest BCUT2D eigenvalue weighted by Crippen LogP contribution is 2.23. The molecular formula is C16H20ClN5O3.